The third-order valence-corrected chi connectivity index (χ3v) is 5.84. The summed E-state index contributed by atoms with van der Waals surface area (Å²) in [5, 5.41) is 11.8. The summed E-state index contributed by atoms with van der Waals surface area (Å²) in [6.45, 7) is 1.11. The van der Waals surface area contributed by atoms with Crippen LogP contribution in [0, 0.1) is 0 Å². The highest BCUT2D eigenvalue weighted by Crippen LogP contribution is 2.31. The number of ether oxygens (including phenoxy) is 1. The Morgan fingerprint density at radius 3 is 2.34 bits per heavy atom. The smallest absolute Gasteiger partial charge is 0.303 e. The molecule has 0 spiro atoms. The Bertz CT molecular complexity index is 1100. The molecular weight excluding hydrogens is 402 g/mol. The van der Waals surface area contributed by atoms with Crippen LogP contribution in [0.15, 0.2) is 66.7 Å². The number of aliphatic carboxylic acids is 1. The molecule has 164 valence electrons. The van der Waals surface area contributed by atoms with Crippen LogP contribution >= 0.6 is 0 Å². The lowest BCUT2D eigenvalue weighted by atomic mass is 9.95. The SMILES string of the molecule is O=C(O)CCc1ccc(CCNC(=O)Cc2cccc3c2Cc2ccccc2CO3)cc1. The number of fused-ring (bicyclic) bond motifs is 2. The summed E-state index contributed by atoms with van der Waals surface area (Å²) in [5.74, 6) is 0.0614. The summed E-state index contributed by atoms with van der Waals surface area (Å²) >= 11 is 0. The van der Waals surface area contributed by atoms with Crippen molar-refractivity contribution in [1.29, 1.82) is 0 Å². The first-order chi connectivity index (χ1) is 15.6. The van der Waals surface area contributed by atoms with Crippen molar-refractivity contribution in [3.8, 4) is 5.75 Å². The molecule has 0 fully saturated rings. The minimum Gasteiger partial charge on any atom is -0.489 e. The molecule has 0 aliphatic carbocycles. The second-order valence-corrected chi connectivity index (χ2v) is 8.11. The van der Waals surface area contributed by atoms with Crippen molar-refractivity contribution in [3.63, 3.8) is 0 Å². The quantitative estimate of drug-likeness (QED) is 0.566. The monoisotopic (exact) mass is 429 g/mol. The van der Waals surface area contributed by atoms with Crippen LogP contribution in [0.1, 0.15) is 39.8 Å². The third kappa shape index (κ3) is 5.55. The summed E-state index contributed by atoms with van der Waals surface area (Å²) in [6.07, 6.45) is 2.48. The van der Waals surface area contributed by atoms with Crippen molar-refractivity contribution in [2.45, 2.75) is 38.7 Å². The van der Waals surface area contributed by atoms with Gasteiger partial charge < -0.3 is 15.2 Å². The van der Waals surface area contributed by atoms with E-state index in [-0.39, 0.29) is 12.3 Å². The zero-order valence-corrected chi connectivity index (χ0v) is 18.0. The van der Waals surface area contributed by atoms with Crippen LogP contribution < -0.4 is 10.1 Å². The molecule has 4 rings (SSSR count). The van der Waals surface area contributed by atoms with E-state index in [0.29, 0.717) is 26.0 Å². The molecular formula is C27H27NO4. The molecule has 5 heteroatoms. The predicted molar refractivity (Wildman–Crippen MR) is 123 cm³/mol. The first-order valence-electron chi connectivity index (χ1n) is 10.9. The van der Waals surface area contributed by atoms with Gasteiger partial charge in [0.1, 0.15) is 12.4 Å². The van der Waals surface area contributed by atoms with Gasteiger partial charge in [0, 0.05) is 24.9 Å². The molecule has 1 amide bonds. The molecule has 2 N–H and O–H groups in total. The minimum atomic E-state index is -0.789. The Kier molecular flexibility index (Phi) is 6.85. The minimum absolute atomic E-state index is 0.00555. The van der Waals surface area contributed by atoms with Crippen LogP contribution in [-0.4, -0.2) is 23.5 Å². The Morgan fingerprint density at radius 1 is 0.875 bits per heavy atom. The van der Waals surface area contributed by atoms with Crippen LogP contribution in [0.5, 0.6) is 5.75 Å². The van der Waals surface area contributed by atoms with Crippen LogP contribution in [0.4, 0.5) is 0 Å². The number of carbonyl (C=O) groups excluding carboxylic acids is 1. The van der Waals surface area contributed by atoms with Crippen LogP contribution in [-0.2, 0) is 41.9 Å². The van der Waals surface area contributed by atoms with Gasteiger partial charge in [0.2, 0.25) is 5.91 Å². The van der Waals surface area contributed by atoms with E-state index >= 15 is 0 Å². The molecule has 32 heavy (non-hydrogen) atoms. The number of aryl methyl sites for hydroxylation is 1. The number of hydrogen-bond donors (Lipinski definition) is 2. The van der Waals surface area contributed by atoms with Crippen LogP contribution in [0.2, 0.25) is 0 Å². The highest BCUT2D eigenvalue weighted by atomic mass is 16.5. The molecule has 0 saturated heterocycles. The van der Waals surface area contributed by atoms with Gasteiger partial charge in [-0.3, -0.25) is 9.59 Å². The average Bonchev–Trinajstić information content (AvgIpc) is 2.99. The molecule has 1 aliphatic heterocycles. The number of carbonyl (C=O) groups is 2. The van der Waals surface area contributed by atoms with Gasteiger partial charge in [0.15, 0.2) is 0 Å². The van der Waals surface area contributed by atoms with Crippen LogP contribution in [0.25, 0.3) is 0 Å². The largest absolute Gasteiger partial charge is 0.489 e. The number of carboxylic acids is 1. The highest BCUT2D eigenvalue weighted by Gasteiger charge is 2.18. The number of benzene rings is 3. The van der Waals surface area contributed by atoms with E-state index in [9.17, 15) is 9.59 Å². The van der Waals surface area contributed by atoms with Gasteiger partial charge in [-0.15, -0.1) is 0 Å². The lowest BCUT2D eigenvalue weighted by Gasteiger charge is -2.13. The molecule has 0 radical (unpaired) electrons. The van der Waals surface area contributed by atoms with Crippen molar-refractivity contribution >= 4 is 11.9 Å². The summed E-state index contributed by atoms with van der Waals surface area (Å²) in [5.41, 5.74) is 6.64. The average molecular weight is 430 g/mol. The second kappa shape index (κ2) is 10.1. The third-order valence-electron chi connectivity index (χ3n) is 5.84. The lowest BCUT2D eigenvalue weighted by Crippen LogP contribution is -2.27. The number of hydrogen-bond acceptors (Lipinski definition) is 3. The van der Waals surface area contributed by atoms with Gasteiger partial charge in [-0.05, 0) is 46.7 Å². The number of carboxylic acid groups (broad SMARTS) is 1. The maximum Gasteiger partial charge on any atom is 0.303 e. The second-order valence-electron chi connectivity index (χ2n) is 8.11. The Balaban J connectivity index is 1.32. The topological polar surface area (TPSA) is 75.6 Å². The molecule has 0 bridgehead atoms. The molecule has 3 aromatic carbocycles. The first-order valence-corrected chi connectivity index (χ1v) is 10.9. The van der Waals surface area contributed by atoms with Crippen molar-refractivity contribution in [2.24, 2.45) is 0 Å². The van der Waals surface area contributed by atoms with E-state index < -0.39 is 5.97 Å². The van der Waals surface area contributed by atoms with Crippen molar-refractivity contribution in [2.75, 3.05) is 6.54 Å². The number of nitrogens with one attached hydrogen (secondary N) is 1. The van der Waals surface area contributed by atoms with Gasteiger partial charge in [0.05, 0.1) is 6.42 Å². The maximum atomic E-state index is 12.6. The van der Waals surface area contributed by atoms with Crippen molar-refractivity contribution in [3.05, 3.63) is 100 Å². The molecule has 0 aromatic heterocycles. The van der Waals surface area contributed by atoms with E-state index in [4.69, 9.17) is 9.84 Å². The zero-order chi connectivity index (χ0) is 22.3. The normalized spacial score (nSPS) is 12.1. The Labute approximate surface area is 188 Å². The molecule has 1 heterocycles. The molecule has 5 nitrogen and oxygen atoms in total. The Morgan fingerprint density at radius 2 is 1.59 bits per heavy atom. The van der Waals surface area contributed by atoms with Gasteiger partial charge >= 0.3 is 5.97 Å². The van der Waals surface area contributed by atoms with Crippen molar-refractivity contribution < 1.29 is 19.4 Å². The summed E-state index contributed by atoms with van der Waals surface area (Å²) in [7, 11) is 0. The predicted octanol–water partition coefficient (Wildman–Crippen LogP) is 4.09. The number of amides is 1. The summed E-state index contributed by atoms with van der Waals surface area (Å²) in [4.78, 5) is 23.3. The molecule has 1 aliphatic rings. The molecule has 0 saturated carbocycles. The zero-order valence-electron chi connectivity index (χ0n) is 18.0. The van der Waals surface area contributed by atoms with E-state index in [2.05, 4.69) is 17.4 Å². The summed E-state index contributed by atoms with van der Waals surface area (Å²) < 4.78 is 6.01. The Hall–Kier alpha value is -3.60. The van der Waals surface area contributed by atoms with Gasteiger partial charge in [-0.1, -0.05) is 60.7 Å². The van der Waals surface area contributed by atoms with E-state index in [1.54, 1.807) is 0 Å². The number of rotatable bonds is 8. The van der Waals surface area contributed by atoms with Gasteiger partial charge in [-0.2, -0.15) is 0 Å². The van der Waals surface area contributed by atoms with E-state index in [0.717, 1.165) is 40.8 Å². The first kappa shape index (κ1) is 21.6. The highest BCUT2D eigenvalue weighted by molar-refractivity contribution is 5.79. The van der Waals surface area contributed by atoms with Crippen LogP contribution in [0.3, 0.4) is 0 Å². The molecule has 0 atom stereocenters. The molecule has 3 aromatic rings. The lowest BCUT2D eigenvalue weighted by molar-refractivity contribution is -0.137. The summed E-state index contributed by atoms with van der Waals surface area (Å²) in [6, 6.07) is 22.1. The fraction of sp³-hybridized carbons (Fsp3) is 0.259. The van der Waals surface area contributed by atoms with E-state index in [1.165, 1.54) is 11.1 Å². The fourth-order valence-electron chi connectivity index (χ4n) is 4.03. The standard InChI is InChI=1S/C27H27NO4/c29-26(28-15-14-20-10-8-19(9-11-20)12-13-27(30)31)17-22-6-3-7-25-24(22)16-21-4-1-2-5-23(21)18-32-25/h1-11H,12-18H2,(H,28,29)(H,30,31). The van der Waals surface area contributed by atoms with Gasteiger partial charge in [0.25, 0.3) is 0 Å². The fourth-order valence-corrected chi connectivity index (χ4v) is 4.03. The maximum absolute atomic E-state index is 12.6. The van der Waals surface area contributed by atoms with Gasteiger partial charge in [-0.25, -0.2) is 0 Å². The van der Waals surface area contributed by atoms with E-state index in [1.807, 2.05) is 54.6 Å². The molecule has 0 unspecified atom stereocenters. The van der Waals surface area contributed by atoms with Crippen molar-refractivity contribution in [1.82, 2.24) is 5.32 Å².